The molecule has 10 rings (SSSR count). The fourth-order valence-corrected chi connectivity index (χ4v) is 7.58. The Morgan fingerprint density at radius 2 is 0.935 bits per heavy atom. The minimum Gasteiger partial charge on any atom is -0.439 e. The quantitative estimate of drug-likeness (QED) is 0.189. The first-order valence-electron chi connectivity index (χ1n) is 15.8. The van der Waals surface area contributed by atoms with Crippen molar-refractivity contribution < 1.29 is 4.42 Å². The first kappa shape index (κ1) is 25.2. The monoisotopic (exact) mass is 585 g/mol. The third-order valence-corrected chi connectivity index (χ3v) is 9.56. The Kier molecular flexibility index (Phi) is 5.31. The minimum absolute atomic E-state index is 0.876. The SMILES string of the molecule is c1ccc(-n2c3ccccc3c3c4cc(-c5c6ccccc6c(-c6ccc7ccccc7c6)c6ccccc56)ccc4oc32)cc1. The first-order valence-corrected chi connectivity index (χ1v) is 15.8. The van der Waals surface area contributed by atoms with Gasteiger partial charge in [0.25, 0.3) is 0 Å². The summed E-state index contributed by atoms with van der Waals surface area (Å²) in [6.45, 7) is 0. The van der Waals surface area contributed by atoms with Gasteiger partial charge in [-0.05, 0) is 91.0 Å². The predicted molar refractivity (Wildman–Crippen MR) is 194 cm³/mol. The Hall–Kier alpha value is -6.12. The van der Waals surface area contributed by atoms with Gasteiger partial charge in [-0.3, -0.25) is 4.57 Å². The summed E-state index contributed by atoms with van der Waals surface area (Å²) in [7, 11) is 0. The molecule has 0 N–H and O–H groups in total. The molecule has 214 valence electrons. The van der Waals surface area contributed by atoms with Crippen molar-refractivity contribution in [2.45, 2.75) is 0 Å². The second-order valence-corrected chi connectivity index (χ2v) is 12.1. The van der Waals surface area contributed by atoms with Crippen LogP contribution in [0.5, 0.6) is 0 Å². The van der Waals surface area contributed by atoms with Crippen LogP contribution in [-0.2, 0) is 0 Å². The maximum Gasteiger partial charge on any atom is 0.213 e. The maximum absolute atomic E-state index is 6.66. The van der Waals surface area contributed by atoms with Crippen molar-refractivity contribution >= 4 is 65.3 Å². The Balaban J connectivity index is 1.28. The maximum atomic E-state index is 6.66. The largest absolute Gasteiger partial charge is 0.439 e. The summed E-state index contributed by atoms with van der Waals surface area (Å²) in [5.41, 5.74) is 8.95. The Bertz CT molecular complexity index is 2740. The van der Waals surface area contributed by atoms with Crippen LogP contribution in [0, 0.1) is 0 Å². The van der Waals surface area contributed by atoms with Crippen LogP contribution >= 0.6 is 0 Å². The van der Waals surface area contributed by atoms with Gasteiger partial charge in [0.1, 0.15) is 5.58 Å². The first-order chi connectivity index (χ1) is 22.8. The number of hydrogen-bond acceptors (Lipinski definition) is 1. The number of rotatable bonds is 3. The molecule has 2 heteroatoms. The molecule has 0 aliphatic rings. The van der Waals surface area contributed by atoms with Crippen molar-refractivity contribution in [3.63, 3.8) is 0 Å². The number of para-hydroxylation sites is 2. The molecule has 0 atom stereocenters. The number of nitrogens with zero attached hydrogens (tertiary/aromatic N) is 1. The normalized spacial score (nSPS) is 11.9. The van der Waals surface area contributed by atoms with Crippen molar-refractivity contribution in [3.05, 3.63) is 164 Å². The fraction of sp³-hybridized carbons (Fsp3) is 0. The summed E-state index contributed by atoms with van der Waals surface area (Å²) in [6, 6.07) is 59.0. The van der Waals surface area contributed by atoms with Gasteiger partial charge in [0.15, 0.2) is 0 Å². The standard InChI is InChI=1S/C44H27NO/c1-2-14-32(15-3-1)45-39-21-11-10-20-37(39)43-38-27-31(24-25-40(38)46-44(43)45)42-35-18-8-6-16-33(35)41(34-17-7-9-19-36(34)42)30-23-22-28-12-4-5-13-29(28)26-30/h1-27H. The highest BCUT2D eigenvalue weighted by molar-refractivity contribution is 6.24. The van der Waals surface area contributed by atoms with E-state index in [2.05, 4.69) is 168 Å². The van der Waals surface area contributed by atoms with Gasteiger partial charge >= 0.3 is 0 Å². The summed E-state index contributed by atoms with van der Waals surface area (Å²) in [6.07, 6.45) is 0. The van der Waals surface area contributed by atoms with Gasteiger partial charge in [-0.2, -0.15) is 0 Å². The molecule has 0 bridgehead atoms. The second-order valence-electron chi connectivity index (χ2n) is 12.1. The van der Waals surface area contributed by atoms with E-state index in [9.17, 15) is 0 Å². The zero-order valence-corrected chi connectivity index (χ0v) is 24.9. The lowest BCUT2D eigenvalue weighted by Crippen LogP contribution is -1.91. The lowest BCUT2D eigenvalue weighted by molar-refractivity contribution is 0.645. The molecule has 0 amide bonds. The molecular weight excluding hydrogens is 558 g/mol. The van der Waals surface area contributed by atoms with E-state index < -0.39 is 0 Å². The van der Waals surface area contributed by atoms with E-state index in [1.165, 1.54) is 60.0 Å². The van der Waals surface area contributed by atoms with Gasteiger partial charge in [0, 0.05) is 16.5 Å². The van der Waals surface area contributed by atoms with Crippen LogP contribution < -0.4 is 0 Å². The second kappa shape index (κ2) is 9.69. The van der Waals surface area contributed by atoms with E-state index in [4.69, 9.17) is 4.42 Å². The molecule has 0 saturated heterocycles. The van der Waals surface area contributed by atoms with E-state index in [1.54, 1.807) is 0 Å². The molecule has 2 aromatic heterocycles. The lowest BCUT2D eigenvalue weighted by atomic mass is 9.85. The Morgan fingerprint density at radius 1 is 0.391 bits per heavy atom. The van der Waals surface area contributed by atoms with Crippen LogP contribution in [0.25, 0.3) is 93.2 Å². The summed E-state index contributed by atoms with van der Waals surface area (Å²) < 4.78 is 8.91. The third kappa shape index (κ3) is 3.59. The topological polar surface area (TPSA) is 18.1 Å². The van der Waals surface area contributed by atoms with Crippen LogP contribution in [0.4, 0.5) is 0 Å². The van der Waals surface area contributed by atoms with Gasteiger partial charge in [0.05, 0.1) is 10.9 Å². The van der Waals surface area contributed by atoms with Crippen LogP contribution in [0.3, 0.4) is 0 Å². The smallest absolute Gasteiger partial charge is 0.213 e. The fourth-order valence-electron chi connectivity index (χ4n) is 7.58. The van der Waals surface area contributed by atoms with Gasteiger partial charge in [-0.25, -0.2) is 0 Å². The lowest BCUT2D eigenvalue weighted by Gasteiger charge is -2.18. The van der Waals surface area contributed by atoms with E-state index in [1.807, 2.05) is 0 Å². The van der Waals surface area contributed by atoms with E-state index >= 15 is 0 Å². The molecule has 2 nitrogen and oxygen atoms in total. The number of furan rings is 1. The molecule has 0 unspecified atom stereocenters. The van der Waals surface area contributed by atoms with E-state index in [0.29, 0.717) is 0 Å². The van der Waals surface area contributed by atoms with Gasteiger partial charge < -0.3 is 4.42 Å². The number of fused-ring (bicyclic) bond motifs is 8. The highest BCUT2D eigenvalue weighted by Gasteiger charge is 2.21. The highest BCUT2D eigenvalue weighted by atomic mass is 16.3. The summed E-state index contributed by atoms with van der Waals surface area (Å²) in [4.78, 5) is 0. The molecule has 8 aromatic carbocycles. The van der Waals surface area contributed by atoms with Gasteiger partial charge in [0.2, 0.25) is 5.71 Å². The van der Waals surface area contributed by atoms with Crippen LogP contribution in [0.2, 0.25) is 0 Å². The molecule has 0 spiro atoms. The molecule has 0 saturated carbocycles. The minimum atomic E-state index is 0.876. The Morgan fingerprint density at radius 3 is 1.63 bits per heavy atom. The van der Waals surface area contributed by atoms with Gasteiger partial charge in [-0.15, -0.1) is 0 Å². The Labute approximate surface area is 265 Å². The number of benzene rings is 8. The van der Waals surface area contributed by atoms with E-state index in [-0.39, 0.29) is 0 Å². The average molecular weight is 586 g/mol. The molecule has 46 heavy (non-hydrogen) atoms. The zero-order valence-electron chi connectivity index (χ0n) is 24.9. The van der Waals surface area contributed by atoms with Crippen molar-refractivity contribution in [2.24, 2.45) is 0 Å². The predicted octanol–water partition coefficient (Wildman–Crippen LogP) is 12.3. The van der Waals surface area contributed by atoms with Crippen molar-refractivity contribution in [1.29, 1.82) is 0 Å². The summed E-state index contributed by atoms with van der Waals surface area (Å²) in [5.74, 6) is 0. The molecule has 0 aliphatic carbocycles. The van der Waals surface area contributed by atoms with Crippen molar-refractivity contribution in [3.8, 4) is 27.9 Å². The highest BCUT2D eigenvalue weighted by Crippen LogP contribution is 2.46. The summed E-state index contributed by atoms with van der Waals surface area (Å²) >= 11 is 0. The number of aromatic nitrogens is 1. The van der Waals surface area contributed by atoms with Crippen molar-refractivity contribution in [2.75, 3.05) is 0 Å². The van der Waals surface area contributed by atoms with Crippen LogP contribution in [0.1, 0.15) is 0 Å². The van der Waals surface area contributed by atoms with Gasteiger partial charge in [-0.1, -0.05) is 127 Å². The van der Waals surface area contributed by atoms with Crippen molar-refractivity contribution in [1.82, 2.24) is 4.57 Å². The molecular formula is C44H27NO. The number of hydrogen-bond donors (Lipinski definition) is 0. The van der Waals surface area contributed by atoms with Crippen LogP contribution in [0.15, 0.2) is 168 Å². The molecule has 0 aliphatic heterocycles. The molecule has 10 aromatic rings. The van der Waals surface area contributed by atoms with Crippen LogP contribution in [-0.4, -0.2) is 4.57 Å². The summed E-state index contributed by atoms with van der Waals surface area (Å²) in [5, 5.41) is 11.0. The third-order valence-electron chi connectivity index (χ3n) is 9.56. The van der Waals surface area contributed by atoms with E-state index in [0.717, 1.165) is 33.3 Å². The average Bonchev–Trinajstić information content (AvgIpc) is 3.65. The zero-order chi connectivity index (χ0) is 30.2. The molecule has 2 heterocycles. The molecule has 0 radical (unpaired) electrons. The molecule has 0 fully saturated rings.